The Labute approximate surface area is 77.1 Å². The predicted octanol–water partition coefficient (Wildman–Crippen LogP) is 0.0148. The molecule has 13 heavy (non-hydrogen) atoms. The first-order valence-electron chi connectivity index (χ1n) is 4.08. The second kappa shape index (κ2) is 4.51. The van der Waals surface area contributed by atoms with Crippen LogP contribution in [0.3, 0.4) is 0 Å². The normalized spacial score (nSPS) is 11.5. The lowest BCUT2D eigenvalue weighted by Crippen LogP contribution is -2.32. The molecule has 0 aromatic carbocycles. The van der Waals surface area contributed by atoms with Crippen molar-refractivity contribution in [2.24, 2.45) is 10.8 Å². The molecular weight excluding hydrogens is 166 g/mol. The van der Waals surface area contributed by atoms with Gasteiger partial charge in [-0.25, -0.2) is 10.8 Å². The van der Waals surface area contributed by atoms with Gasteiger partial charge in [0.2, 0.25) is 0 Å². The second-order valence-electron chi connectivity index (χ2n) is 2.51. The number of nitrogens with one attached hydrogen (secondary N) is 1. The van der Waals surface area contributed by atoms with Gasteiger partial charge in [0, 0.05) is 12.7 Å². The zero-order valence-corrected chi connectivity index (χ0v) is 7.78. The summed E-state index contributed by atoms with van der Waals surface area (Å²) in [6.07, 6.45) is 3.32. The van der Waals surface area contributed by atoms with Gasteiger partial charge in [-0.3, -0.25) is 9.98 Å². The molecule has 1 aromatic rings. The van der Waals surface area contributed by atoms with Crippen LogP contribution in [-0.2, 0) is 0 Å². The lowest BCUT2D eigenvalue weighted by atomic mass is 10.4. The minimum Gasteiger partial charge on any atom is -0.307 e. The van der Waals surface area contributed by atoms with E-state index in [1.165, 1.54) is 0 Å². The van der Waals surface area contributed by atoms with Gasteiger partial charge in [0.25, 0.3) is 0 Å². The summed E-state index contributed by atoms with van der Waals surface area (Å²) < 4.78 is 0. The largest absolute Gasteiger partial charge is 0.307 e. The van der Waals surface area contributed by atoms with Gasteiger partial charge in [-0.1, -0.05) is 0 Å². The van der Waals surface area contributed by atoms with Crippen molar-refractivity contribution in [2.45, 2.75) is 13.8 Å². The zero-order chi connectivity index (χ0) is 9.68. The predicted molar refractivity (Wildman–Crippen MR) is 51.2 cm³/mol. The van der Waals surface area contributed by atoms with Crippen LogP contribution in [0.25, 0.3) is 0 Å². The first-order chi connectivity index (χ1) is 6.27. The van der Waals surface area contributed by atoms with Gasteiger partial charge in [0.15, 0.2) is 5.84 Å². The van der Waals surface area contributed by atoms with Crippen LogP contribution >= 0.6 is 0 Å². The molecule has 1 rings (SSSR count). The third-order valence-corrected chi connectivity index (χ3v) is 1.48. The molecule has 0 unspecified atom stereocenters. The topological polar surface area (TPSA) is 76.2 Å². The van der Waals surface area contributed by atoms with E-state index in [0.717, 1.165) is 5.69 Å². The summed E-state index contributed by atoms with van der Waals surface area (Å²) in [6, 6.07) is 0. The van der Waals surface area contributed by atoms with Crippen molar-refractivity contribution < 1.29 is 0 Å². The standard InChI is InChI=1S/C8H13N5/c1-3-10-8(13-9)7-5-11-6(2)4-12-7/h4-5H,3,9H2,1-2H3,(H,10,13). The Hall–Kier alpha value is -1.49. The highest BCUT2D eigenvalue weighted by Crippen LogP contribution is 1.94. The molecule has 1 heterocycles. The monoisotopic (exact) mass is 179 g/mol. The highest BCUT2D eigenvalue weighted by Gasteiger charge is 2.01. The van der Waals surface area contributed by atoms with Crippen LogP contribution < -0.4 is 11.3 Å². The van der Waals surface area contributed by atoms with Gasteiger partial charge in [-0.2, -0.15) is 0 Å². The average molecular weight is 179 g/mol. The average Bonchev–Trinajstić information content (AvgIpc) is 2.16. The van der Waals surface area contributed by atoms with Crippen molar-refractivity contribution in [1.82, 2.24) is 15.4 Å². The van der Waals surface area contributed by atoms with E-state index >= 15 is 0 Å². The van der Waals surface area contributed by atoms with Crippen LogP contribution in [0.1, 0.15) is 18.3 Å². The van der Waals surface area contributed by atoms with Crippen LogP contribution in [-0.4, -0.2) is 22.3 Å². The molecule has 70 valence electrons. The summed E-state index contributed by atoms with van der Waals surface area (Å²) in [5.74, 6) is 5.85. The number of nitrogens with two attached hydrogens (primary N) is 1. The SMILES string of the molecule is CCN=C(NN)c1cnc(C)cn1. The molecule has 1 aromatic heterocycles. The van der Waals surface area contributed by atoms with E-state index in [-0.39, 0.29) is 0 Å². The molecule has 0 fully saturated rings. The molecule has 0 aliphatic carbocycles. The first kappa shape index (κ1) is 9.60. The number of rotatable bonds is 2. The van der Waals surface area contributed by atoms with Gasteiger partial charge < -0.3 is 5.43 Å². The summed E-state index contributed by atoms with van der Waals surface area (Å²) in [6.45, 7) is 4.47. The quantitative estimate of drug-likeness (QED) is 0.290. The van der Waals surface area contributed by atoms with Crippen molar-refractivity contribution in [1.29, 1.82) is 0 Å². The molecule has 0 radical (unpaired) electrons. The number of hydrazine groups is 1. The third kappa shape index (κ3) is 2.48. The summed E-state index contributed by atoms with van der Waals surface area (Å²) in [5.41, 5.74) is 4.02. The first-order valence-corrected chi connectivity index (χ1v) is 4.08. The summed E-state index contributed by atoms with van der Waals surface area (Å²) >= 11 is 0. The molecule has 0 amide bonds. The minimum atomic E-state index is 0.565. The molecule has 0 spiro atoms. The smallest absolute Gasteiger partial charge is 0.163 e. The maximum Gasteiger partial charge on any atom is 0.163 e. The zero-order valence-electron chi connectivity index (χ0n) is 7.78. The van der Waals surface area contributed by atoms with Crippen LogP contribution in [0.2, 0.25) is 0 Å². The minimum absolute atomic E-state index is 0.565. The van der Waals surface area contributed by atoms with Gasteiger partial charge in [0.1, 0.15) is 5.69 Å². The number of aromatic nitrogens is 2. The number of aryl methyl sites for hydroxylation is 1. The van der Waals surface area contributed by atoms with Gasteiger partial charge in [-0.15, -0.1) is 0 Å². The fraction of sp³-hybridized carbons (Fsp3) is 0.375. The highest BCUT2D eigenvalue weighted by molar-refractivity contribution is 5.96. The van der Waals surface area contributed by atoms with Crippen molar-refractivity contribution in [2.75, 3.05) is 6.54 Å². The molecule has 5 heteroatoms. The van der Waals surface area contributed by atoms with E-state index in [0.29, 0.717) is 18.1 Å². The van der Waals surface area contributed by atoms with E-state index in [1.54, 1.807) is 12.4 Å². The van der Waals surface area contributed by atoms with Gasteiger partial charge >= 0.3 is 0 Å². The summed E-state index contributed by atoms with van der Waals surface area (Å²) in [5, 5.41) is 0. The maximum absolute atomic E-state index is 5.28. The Morgan fingerprint density at radius 2 is 2.31 bits per heavy atom. The highest BCUT2D eigenvalue weighted by atomic mass is 15.3. The number of aliphatic imine (C=N–C) groups is 1. The van der Waals surface area contributed by atoms with Gasteiger partial charge in [-0.05, 0) is 13.8 Å². The third-order valence-electron chi connectivity index (χ3n) is 1.48. The molecule has 5 nitrogen and oxygen atoms in total. The number of nitrogens with zero attached hydrogens (tertiary/aromatic N) is 3. The van der Waals surface area contributed by atoms with Crippen molar-refractivity contribution in [3.63, 3.8) is 0 Å². The van der Waals surface area contributed by atoms with Gasteiger partial charge in [0.05, 0.1) is 11.9 Å². The van der Waals surface area contributed by atoms with E-state index in [4.69, 9.17) is 5.84 Å². The van der Waals surface area contributed by atoms with E-state index in [9.17, 15) is 0 Å². The van der Waals surface area contributed by atoms with E-state index in [1.807, 2.05) is 13.8 Å². The van der Waals surface area contributed by atoms with E-state index in [2.05, 4.69) is 20.4 Å². The number of hydrogen-bond acceptors (Lipinski definition) is 4. The number of amidine groups is 1. The molecular formula is C8H13N5. The van der Waals surface area contributed by atoms with Crippen molar-refractivity contribution >= 4 is 5.84 Å². The Balaban J connectivity index is 2.92. The van der Waals surface area contributed by atoms with E-state index < -0.39 is 0 Å². The fourth-order valence-corrected chi connectivity index (χ4v) is 0.874. The lowest BCUT2D eigenvalue weighted by molar-refractivity contribution is 0.970. The Bertz CT molecular complexity index is 290. The maximum atomic E-state index is 5.28. The summed E-state index contributed by atoms with van der Waals surface area (Å²) in [4.78, 5) is 12.3. The van der Waals surface area contributed by atoms with Crippen LogP contribution in [0, 0.1) is 6.92 Å². The van der Waals surface area contributed by atoms with Crippen LogP contribution in [0.15, 0.2) is 17.4 Å². The molecule has 0 saturated heterocycles. The molecule has 3 N–H and O–H groups in total. The second-order valence-corrected chi connectivity index (χ2v) is 2.51. The molecule has 0 aliphatic rings. The molecule has 0 atom stereocenters. The van der Waals surface area contributed by atoms with Crippen LogP contribution in [0.5, 0.6) is 0 Å². The van der Waals surface area contributed by atoms with Crippen molar-refractivity contribution in [3.05, 3.63) is 23.8 Å². The van der Waals surface area contributed by atoms with Crippen molar-refractivity contribution in [3.8, 4) is 0 Å². The lowest BCUT2D eigenvalue weighted by Gasteiger charge is -2.03. The molecule has 0 aliphatic heterocycles. The summed E-state index contributed by atoms with van der Waals surface area (Å²) in [7, 11) is 0. The van der Waals surface area contributed by atoms with Crippen LogP contribution in [0.4, 0.5) is 0 Å². The molecule has 0 bridgehead atoms. The Morgan fingerprint density at radius 3 is 2.77 bits per heavy atom. The fourth-order valence-electron chi connectivity index (χ4n) is 0.874. The Kier molecular flexibility index (Phi) is 3.33. The Morgan fingerprint density at radius 1 is 1.54 bits per heavy atom. The number of hydrogen-bond donors (Lipinski definition) is 2. The molecule has 0 saturated carbocycles.